The van der Waals surface area contributed by atoms with E-state index < -0.39 is 0 Å². The molecule has 10 nitrogen and oxygen atoms in total. The highest BCUT2D eigenvalue weighted by molar-refractivity contribution is 7.23. The van der Waals surface area contributed by atoms with Crippen LogP contribution in [0.2, 0.25) is 0 Å². The monoisotopic (exact) mass is 662 g/mol. The predicted octanol–water partition coefficient (Wildman–Crippen LogP) is 7.61. The minimum atomic E-state index is 0.0102. The Morgan fingerprint density at radius 3 is 2.73 bits per heavy atom. The van der Waals surface area contributed by atoms with Crippen LogP contribution in [0.4, 0.5) is 5.82 Å². The molecule has 4 aliphatic rings. The lowest BCUT2D eigenvalue weighted by Gasteiger charge is -2.22. The Morgan fingerprint density at radius 1 is 1.06 bits per heavy atom. The van der Waals surface area contributed by atoms with Crippen molar-refractivity contribution in [2.24, 2.45) is 5.92 Å². The van der Waals surface area contributed by atoms with Gasteiger partial charge in [-0.3, -0.25) is 9.78 Å². The SMILES string of the molecule is CO[C@@H]1C[C@H](Nc2nccc3cc(-c4c5c(nc(CCC6CCOCC6)c4-c4nnc(C)o4)[C@H]4CCCN4C5=O)sc23)c2ccccc21. The van der Waals surface area contributed by atoms with E-state index in [-0.39, 0.29) is 24.1 Å². The van der Waals surface area contributed by atoms with Crippen molar-refractivity contribution < 1.29 is 18.7 Å². The first-order chi connectivity index (χ1) is 23.6. The van der Waals surface area contributed by atoms with Crippen molar-refractivity contribution >= 4 is 33.1 Å². The summed E-state index contributed by atoms with van der Waals surface area (Å²) in [6.45, 7) is 4.17. The molecular formula is C37H38N6O4S. The first kappa shape index (κ1) is 29.9. The third-order valence-electron chi connectivity index (χ3n) is 10.7. The van der Waals surface area contributed by atoms with Gasteiger partial charge in [0.25, 0.3) is 5.91 Å². The second-order valence-electron chi connectivity index (χ2n) is 13.4. The van der Waals surface area contributed by atoms with E-state index in [0.717, 1.165) is 108 Å². The Morgan fingerprint density at radius 2 is 1.92 bits per heavy atom. The zero-order valence-electron chi connectivity index (χ0n) is 27.2. The van der Waals surface area contributed by atoms with Crippen LogP contribution in [-0.2, 0) is 15.9 Å². The second kappa shape index (κ2) is 12.0. The van der Waals surface area contributed by atoms with Crippen LogP contribution in [0.25, 0.3) is 32.0 Å². The molecule has 0 saturated carbocycles. The van der Waals surface area contributed by atoms with Crippen LogP contribution >= 0.6 is 11.3 Å². The van der Waals surface area contributed by atoms with Gasteiger partial charge >= 0.3 is 0 Å². The Balaban J connectivity index is 1.19. The molecule has 4 aromatic heterocycles. The highest BCUT2D eigenvalue weighted by Crippen LogP contribution is 2.51. The standard InChI is InChI=1S/C37H38N6O4S/c1-20-41-42-36(47-20)30-25(10-9-21-12-16-46-17-13-21)39-33-27-8-5-15-43(27)37(44)32(33)31(30)29-18-22-11-14-38-35(34(22)48-29)40-26-19-28(45-2)24-7-4-3-6-23(24)26/h3-4,6-7,11,14,18,21,26-28H,5,8-10,12-13,15-17,19H2,1-2H3,(H,38,40)/t26-,27+,28+/m0/s1. The lowest BCUT2D eigenvalue weighted by atomic mass is 9.90. The fraction of sp³-hybridized carbons (Fsp3) is 0.432. The molecule has 5 aromatic rings. The number of benzene rings is 1. The van der Waals surface area contributed by atoms with E-state index in [0.29, 0.717) is 23.3 Å². The highest BCUT2D eigenvalue weighted by Gasteiger charge is 2.45. The van der Waals surface area contributed by atoms with Crippen molar-refractivity contribution in [2.45, 2.75) is 70.1 Å². The molecule has 3 atom stereocenters. The van der Waals surface area contributed by atoms with Gasteiger partial charge in [0, 0.05) is 56.9 Å². The number of nitrogens with one attached hydrogen (secondary N) is 1. The summed E-state index contributed by atoms with van der Waals surface area (Å²) in [5, 5.41) is 13.6. The van der Waals surface area contributed by atoms with Crippen molar-refractivity contribution in [3.8, 4) is 21.9 Å². The van der Waals surface area contributed by atoms with Crippen LogP contribution in [0.5, 0.6) is 0 Å². The molecular weight excluding hydrogens is 625 g/mol. The molecule has 3 aliphatic heterocycles. The summed E-state index contributed by atoms with van der Waals surface area (Å²) in [5.74, 6) is 2.35. The summed E-state index contributed by atoms with van der Waals surface area (Å²) in [7, 11) is 1.77. The van der Waals surface area contributed by atoms with Crippen molar-refractivity contribution in [3.05, 3.63) is 76.6 Å². The van der Waals surface area contributed by atoms with Gasteiger partial charge in [-0.1, -0.05) is 24.3 Å². The molecule has 48 heavy (non-hydrogen) atoms. The Bertz CT molecular complexity index is 2030. The maximum absolute atomic E-state index is 14.2. The fourth-order valence-corrected chi connectivity index (χ4v) is 9.45. The molecule has 0 bridgehead atoms. The average Bonchev–Trinajstić information content (AvgIpc) is 3.95. The van der Waals surface area contributed by atoms with Gasteiger partial charge in [-0.2, -0.15) is 0 Å². The minimum Gasteiger partial charge on any atom is -0.421 e. The summed E-state index contributed by atoms with van der Waals surface area (Å²) in [6.07, 6.45) is 8.51. The lowest BCUT2D eigenvalue weighted by Crippen LogP contribution is -2.22. The number of anilines is 1. The number of carbonyl (C=O) groups excluding carboxylic acids is 1. The number of ether oxygens (including phenoxy) is 2. The number of methoxy groups -OCH3 is 1. The molecule has 11 heteroatoms. The fourth-order valence-electron chi connectivity index (χ4n) is 8.29. The van der Waals surface area contributed by atoms with Crippen LogP contribution in [-0.4, -0.2) is 57.8 Å². The number of hydrogen-bond donors (Lipinski definition) is 1. The molecule has 1 aromatic carbocycles. The first-order valence-corrected chi connectivity index (χ1v) is 17.9. The van der Waals surface area contributed by atoms with Crippen LogP contribution in [0.15, 0.2) is 47.0 Å². The van der Waals surface area contributed by atoms with E-state index in [1.54, 1.807) is 25.4 Å². The number of aromatic nitrogens is 4. The number of fused-ring (bicyclic) bond motifs is 5. The second-order valence-corrected chi connectivity index (χ2v) is 14.5. The van der Waals surface area contributed by atoms with E-state index in [1.807, 2.05) is 17.2 Å². The van der Waals surface area contributed by atoms with Gasteiger partial charge in [-0.05, 0) is 73.1 Å². The summed E-state index contributed by atoms with van der Waals surface area (Å²) in [4.78, 5) is 27.4. The minimum absolute atomic E-state index is 0.0102. The van der Waals surface area contributed by atoms with Gasteiger partial charge in [-0.15, -0.1) is 21.5 Å². The van der Waals surface area contributed by atoms with E-state index in [1.165, 1.54) is 11.1 Å². The average molecular weight is 663 g/mol. The summed E-state index contributed by atoms with van der Waals surface area (Å²) < 4.78 is 18.7. The largest absolute Gasteiger partial charge is 0.421 e. The molecule has 0 spiro atoms. The maximum Gasteiger partial charge on any atom is 0.257 e. The number of amides is 1. The first-order valence-electron chi connectivity index (χ1n) is 17.1. The summed E-state index contributed by atoms with van der Waals surface area (Å²) >= 11 is 1.65. The van der Waals surface area contributed by atoms with Crippen molar-refractivity contribution in [3.63, 3.8) is 0 Å². The number of nitrogens with zero attached hydrogens (tertiary/aromatic N) is 5. The predicted molar refractivity (Wildman–Crippen MR) is 183 cm³/mol. The Hall–Kier alpha value is -4.19. The van der Waals surface area contributed by atoms with Gasteiger partial charge in [0.2, 0.25) is 11.8 Å². The van der Waals surface area contributed by atoms with Gasteiger partial charge in [0.05, 0.1) is 45.4 Å². The normalized spacial score (nSPS) is 22.0. The van der Waals surface area contributed by atoms with Gasteiger partial charge < -0.3 is 24.1 Å². The molecule has 0 unspecified atom stereocenters. The summed E-state index contributed by atoms with van der Waals surface area (Å²) in [5.41, 5.74) is 6.62. The van der Waals surface area contributed by atoms with E-state index in [4.69, 9.17) is 23.9 Å². The number of rotatable bonds is 8. The zero-order chi connectivity index (χ0) is 32.4. The molecule has 2 fully saturated rings. The zero-order valence-corrected chi connectivity index (χ0v) is 28.0. The van der Waals surface area contributed by atoms with Crippen molar-refractivity contribution in [1.82, 2.24) is 25.1 Å². The number of aryl methyl sites for hydroxylation is 2. The molecule has 246 valence electrons. The summed E-state index contributed by atoms with van der Waals surface area (Å²) in [6, 6.07) is 12.8. The number of pyridine rings is 2. The molecule has 1 aliphatic carbocycles. The number of thiophene rings is 1. The molecule has 1 N–H and O–H groups in total. The van der Waals surface area contributed by atoms with Crippen molar-refractivity contribution in [2.75, 3.05) is 32.2 Å². The lowest BCUT2D eigenvalue weighted by molar-refractivity contribution is 0.0639. The molecule has 2 saturated heterocycles. The van der Waals surface area contributed by atoms with E-state index >= 15 is 0 Å². The Kier molecular flexibility index (Phi) is 7.51. The molecule has 1 amide bonds. The molecule has 7 heterocycles. The maximum atomic E-state index is 14.2. The van der Waals surface area contributed by atoms with Crippen LogP contribution < -0.4 is 5.32 Å². The Labute approximate surface area is 282 Å². The van der Waals surface area contributed by atoms with E-state index in [2.05, 4.69) is 45.8 Å². The highest BCUT2D eigenvalue weighted by atomic mass is 32.1. The smallest absolute Gasteiger partial charge is 0.257 e. The number of carbonyl (C=O) groups is 1. The van der Waals surface area contributed by atoms with Gasteiger partial charge in [-0.25, -0.2) is 4.98 Å². The molecule has 9 rings (SSSR count). The van der Waals surface area contributed by atoms with Gasteiger partial charge in [0.1, 0.15) is 5.82 Å². The van der Waals surface area contributed by atoms with E-state index in [9.17, 15) is 4.79 Å². The quantitative estimate of drug-likeness (QED) is 0.179. The van der Waals surface area contributed by atoms with Gasteiger partial charge in [0.15, 0.2) is 0 Å². The van der Waals surface area contributed by atoms with Crippen molar-refractivity contribution in [1.29, 1.82) is 0 Å². The number of hydrogen-bond acceptors (Lipinski definition) is 10. The third kappa shape index (κ3) is 4.93. The van der Waals surface area contributed by atoms with Crippen LogP contribution in [0.1, 0.15) is 95.5 Å². The topological polar surface area (TPSA) is 116 Å². The van der Waals surface area contributed by atoms with Crippen LogP contribution in [0.3, 0.4) is 0 Å². The van der Waals surface area contributed by atoms with Crippen LogP contribution in [0, 0.1) is 12.8 Å². The third-order valence-corrected chi connectivity index (χ3v) is 11.8. The molecule has 0 radical (unpaired) electrons.